The highest BCUT2D eigenvalue weighted by Crippen LogP contribution is 2.54. The maximum Gasteiger partial charge on any atom is 0.303 e. The first-order chi connectivity index (χ1) is 14.6. The van der Waals surface area contributed by atoms with Crippen molar-refractivity contribution >= 4 is 24.7 Å². The van der Waals surface area contributed by atoms with Crippen LogP contribution in [0, 0.1) is 0 Å². The lowest BCUT2D eigenvalue weighted by molar-refractivity contribution is -0.137. The molecule has 0 amide bonds. The van der Waals surface area contributed by atoms with Gasteiger partial charge in [0.2, 0.25) is 7.37 Å². The number of carbonyl (C=O) groups is 1. The molecular weight excluding hydrogens is 433 g/mol. The lowest BCUT2D eigenvalue weighted by Crippen LogP contribution is -2.45. The fourth-order valence-electron chi connectivity index (χ4n) is 2.89. The fraction of sp³-hybridized carbons (Fsp3) is 0.435. The third-order valence-corrected chi connectivity index (χ3v) is 9.29. The monoisotopic (exact) mass is 465 g/mol. The van der Waals surface area contributed by atoms with Crippen LogP contribution in [0.15, 0.2) is 60.7 Å². The fourth-order valence-corrected chi connectivity index (χ4v) is 6.62. The van der Waals surface area contributed by atoms with Crippen molar-refractivity contribution in [1.29, 1.82) is 0 Å². The van der Waals surface area contributed by atoms with Crippen LogP contribution < -0.4 is 4.72 Å². The highest BCUT2D eigenvalue weighted by molar-refractivity contribution is 7.91. The minimum Gasteiger partial charge on any atom is -0.598 e. The van der Waals surface area contributed by atoms with Gasteiger partial charge in [-0.3, -0.25) is 9.36 Å². The van der Waals surface area contributed by atoms with Crippen molar-refractivity contribution in [2.24, 2.45) is 0 Å². The average molecular weight is 466 g/mol. The molecule has 8 heteroatoms. The van der Waals surface area contributed by atoms with Crippen LogP contribution in [0.25, 0.3) is 0 Å². The molecule has 6 nitrogen and oxygen atoms in total. The Hall–Kier alpha value is -1.63. The van der Waals surface area contributed by atoms with Crippen LogP contribution in [0.1, 0.15) is 44.7 Å². The third kappa shape index (κ3) is 8.79. The maximum absolute atomic E-state index is 14.1. The van der Waals surface area contributed by atoms with Crippen LogP contribution in [0.4, 0.5) is 0 Å². The first-order valence-corrected chi connectivity index (χ1v) is 13.3. The van der Waals surface area contributed by atoms with Crippen LogP contribution >= 0.6 is 7.37 Å². The van der Waals surface area contributed by atoms with Crippen molar-refractivity contribution in [2.45, 2.75) is 57.2 Å². The number of carboxylic acid groups (broad SMARTS) is 1. The highest BCUT2D eigenvalue weighted by Gasteiger charge is 2.40. The molecule has 0 saturated heterocycles. The summed E-state index contributed by atoms with van der Waals surface area (Å²) in [4.78, 5) is 11.2. The summed E-state index contributed by atoms with van der Waals surface area (Å²) in [5.74, 6) is -1.82. The summed E-state index contributed by atoms with van der Waals surface area (Å²) in [7, 11) is -3.41. The van der Waals surface area contributed by atoms with E-state index in [1.54, 1.807) is 0 Å². The second-order valence-corrected chi connectivity index (χ2v) is 13.2. The predicted molar refractivity (Wildman–Crippen MR) is 126 cm³/mol. The van der Waals surface area contributed by atoms with E-state index in [1.165, 1.54) is 0 Å². The van der Waals surface area contributed by atoms with Gasteiger partial charge in [-0.1, -0.05) is 60.7 Å². The minimum absolute atomic E-state index is 0.0675. The van der Waals surface area contributed by atoms with Gasteiger partial charge in [0.1, 0.15) is 10.5 Å². The maximum atomic E-state index is 14.1. The largest absolute Gasteiger partial charge is 0.598 e. The van der Waals surface area contributed by atoms with Gasteiger partial charge in [-0.05, 0) is 44.7 Å². The number of carboxylic acids is 1. The Morgan fingerprint density at radius 1 is 1.10 bits per heavy atom. The molecule has 3 atom stereocenters. The normalized spacial score (nSPS) is 15.7. The van der Waals surface area contributed by atoms with Gasteiger partial charge >= 0.3 is 5.97 Å². The Morgan fingerprint density at radius 2 is 1.65 bits per heavy atom. The number of hydrogen-bond acceptors (Lipinski definition) is 5. The first-order valence-electron chi connectivity index (χ1n) is 10.3. The van der Waals surface area contributed by atoms with E-state index in [1.807, 2.05) is 81.4 Å². The van der Waals surface area contributed by atoms with E-state index in [9.17, 15) is 19.0 Å². The van der Waals surface area contributed by atoms with Gasteiger partial charge in [0.05, 0.1) is 6.61 Å². The predicted octanol–water partition coefficient (Wildman–Crippen LogP) is 4.97. The molecule has 2 N–H and O–H groups in total. The molecule has 0 spiro atoms. The zero-order valence-corrected chi connectivity index (χ0v) is 20.0. The molecule has 0 aliphatic heterocycles. The van der Waals surface area contributed by atoms with E-state index in [0.717, 1.165) is 11.1 Å². The second kappa shape index (κ2) is 11.8. The van der Waals surface area contributed by atoms with Gasteiger partial charge in [0.25, 0.3) is 0 Å². The minimum atomic E-state index is -3.41. The van der Waals surface area contributed by atoms with Crippen LogP contribution in [-0.4, -0.2) is 32.3 Å². The molecule has 31 heavy (non-hydrogen) atoms. The second-order valence-electron chi connectivity index (χ2n) is 8.39. The van der Waals surface area contributed by atoms with E-state index in [0.29, 0.717) is 6.42 Å². The molecule has 0 bridgehead atoms. The van der Waals surface area contributed by atoms with Crippen molar-refractivity contribution in [2.75, 3.05) is 6.16 Å². The molecule has 0 aromatic heterocycles. The smallest absolute Gasteiger partial charge is 0.303 e. The number of aliphatic carboxylic acids is 1. The molecule has 0 aliphatic carbocycles. The molecule has 0 unspecified atom stereocenters. The molecule has 0 aliphatic rings. The lowest BCUT2D eigenvalue weighted by Gasteiger charge is -2.32. The molecule has 0 fully saturated rings. The Labute approximate surface area is 188 Å². The van der Waals surface area contributed by atoms with Gasteiger partial charge in [-0.25, -0.2) is 0 Å². The van der Waals surface area contributed by atoms with Gasteiger partial charge in [0, 0.05) is 23.9 Å². The van der Waals surface area contributed by atoms with Crippen molar-refractivity contribution < 1.29 is 23.5 Å². The summed E-state index contributed by atoms with van der Waals surface area (Å²) in [5.41, 5.74) is 1.89. The summed E-state index contributed by atoms with van der Waals surface area (Å²) >= 11 is -1.52. The zero-order valence-electron chi connectivity index (χ0n) is 18.3. The molecule has 170 valence electrons. The summed E-state index contributed by atoms with van der Waals surface area (Å²) in [5, 5.41) is 9.20. The highest BCUT2D eigenvalue weighted by atomic mass is 32.2. The van der Waals surface area contributed by atoms with Gasteiger partial charge < -0.3 is 14.2 Å². The van der Waals surface area contributed by atoms with Crippen LogP contribution in [-0.2, 0) is 38.3 Å². The topological polar surface area (TPSA) is 98.7 Å². The molecule has 2 aromatic carbocycles. The summed E-state index contributed by atoms with van der Waals surface area (Å²) in [6, 6.07) is 19.1. The van der Waals surface area contributed by atoms with Crippen molar-refractivity contribution in [1.82, 2.24) is 4.72 Å². The van der Waals surface area contributed by atoms with Crippen LogP contribution in [0.5, 0.6) is 0 Å². The Balaban J connectivity index is 2.27. The molecule has 0 saturated carbocycles. The van der Waals surface area contributed by atoms with Gasteiger partial charge in [-0.2, -0.15) is 0 Å². The Kier molecular flexibility index (Phi) is 9.79. The summed E-state index contributed by atoms with van der Waals surface area (Å²) in [6.07, 6.45) is 0.615. The number of rotatable bonds is 12. The molecule has 2 rings (SSSR count). The Bertz CT molecular complexity index is 810. The average Bonchev–Trinajstić information content (AvgIpc) is 2.74. The molecule has 0 radical (unpaired) electrons. The number of hydrogen-bond donors (Lipinski definition) is 2. The standard InChI is InChI=1S/C23H32NO5PS/c1-23(2,3)31(28)24-21(14-15-22(25)26)30(27,17-16-19-10-6-4-7-11-19)29-18-20-12-8-5-9-13-20/h4-13,21,24H,14-18H2,1-3H3,(H,25,26)/t21-,30+,31+/m1/s1. The van der Waals surface area contributed by atoms with Crippen molar-refractivity contribution in [3.05, 3.63) is 71.8 Å². The van der Waals surface area contributed by atoms with Gasteiger partial charge in [-0.15, -0.1) is 4.72 Å². The molecule has 0 heterocycles. The Morgan fingerprint density at radius 3 is 2.16 bits per heavy atom. The SMILES string of the molecule is CC(C)(C)[S@+]([O-])N[C@@H](CCC(=O)O)[P@](=O)(CCc1ccccc1)OCc1ccccc1. The number of nitrogens with one attached hydrogen (secondary N) is 1. The number of aryl methyl sites for hydroxylation is 1. The quantitative estimate of drug-likeness (QED) is 0.339. The van der Waals surface area contributed by atoms with E-state index in [2.05, 4.69) is 4.72 Å². The molecular formula is C23H32NO5PS. The summed E-state index contributed by atoms with van der Waals surface area (Å²) < 4.78 is 35.3. The van der Waals surface area contributed by atoms with E-state index in [4.69, 9.17) is 4.52 Å². The van der Waals surface area contributed by atoms with Crippen LogP contribution in [0.3, 0.4) is 0 Å². The van der Waals surface area contributed by atoms with Crippen molar-refractivity contribution in [3.8, 4) is 0 Å². The van der Waals surface area contributed by atoms with E-state index >= 15 is 0 Å². The lowest BCUT2D eigenvalue weighted by atomic mass is 10.2. The summed E-state index contributed by atoms with van der Waals surface area (Å²) in [6.45, 7) is 5.57. The first kappa shape index (κ1) is 25.6. The van der Waals surface area contributed by atoms with Crippen LogP contribution in [0.2, 0.25) is 0 Å². The third-order valence-electron chi connectivity index (χ3n) is 4.75. The van der Waals surface area contributed by atoms with E-state index < -0.39 is 35.2 Å². The molecule has 2 aromatic rings. The van der Waals surface area contributed by atoms with E-state index in [-0.39, 0.29) is 25.6 Å². The van der Waals surface area contributed by atoms with Gasteiger partial charge in [0.15, 0.2) is 0 Å². The number of benzene rings is 2. The van der Waals surface area contributed by atoms with Crippen molar-refractivity contribution in [3.63, 3.8) is 0 Å². The zero-order chi connectivity index (χ0) is 22.9.